The summed E-state index contributed by atoms with van der Waals surface area (Å²) >= 11 is 0. The zero-order valence-corrected chi connectivity index (χ0v) is 30.2. The Morgan fingerprint density at radius 2 is 0.804 bits per heavy atom. The Hall–Kier alpha value is -7.50. The van der Waals surface area contributed by atoms with E-state index in [4.69, 9.17) is 14.7 Å². The van der Waals surface area contributed by atoms with E-state index >= 15 is 0 Å². The third-order valence-corrected chi connectivity index (χ3v) is 11.1. The van der Waals surface area contributed by atoms with Crippen LogP contribution >= 0.6 is 0 Å². The second-order valence-electron chi connectivity index (χ2n) is 14.2. The summed E-state index contributed by atoms with van der Waals surface area (Å²) in [4.78, 5) is 20.0. The van der Waals surface area contributed by atoms with Gasteiger partial charge in [-0.25, -0.2) is 9.97 Å². The normalized spacial score (nSPS) is 12.9. The van der Waals surface area contributed by atoms with Crippen LogP contribution in [0.5, 0.6) is 11.5 Å². The lowest BCUT2D eigenvalue weighted by Gasteiger charge is -2.40. The molecule has 5 heteroatoms. The summed E-state index contributed by atoms with van der Waals surface area (Å²) in [7, 11) is 0. The van der Waals surface area contributed by atoms with Gasteiger partial charge in [-0.05, 0) is 64.7 Å². The molecule has 0 amide bonds. The van der Waals surface area contributed by atoms with Crippen molar-refractivity contribution in [2.24, 2.45) is 0 Å². The molecular formula is C51H32N4O. The third kappa shape index (κ3) is 4.95. The number of benzene rings is 6. The maximum atomic E-state index is 6.64. The SMILES string of the molecule is c1ccc(-c2ccc(-c3cc(-c4ccc(-c5ccccn5)cc4)nc(-c4cccc5c4C4(c6ccccc6Oc6ccccc64)c4ccccc4-5)n3)cc2)nc1. The number of nitrogens with zero attached hydrogens (tertiary/aromatic N) is 4. The van der Waals surface area contributed by atoms with E-state index in [2.05, 4.69) is 143 Å². The van der Waals surface area contributed by atoms with Gasteiger partial charge in [0.2, 0.25) is 0 Å². The van der Waals surface area contributed by atoms with Crippen LogP contribution in [0.2, 0.25) is 0 Å². The highest BCUT2D eigenvalue weighted by atomic mass is 16.5. The highest BCUT2D eigenvalue weighted by Crippen LogP contribution is 2.63. The number of ether oxygens (including phenoxy) is 1. The second-order valence-corrected chi connectivity index (χ2v) is 14.2. The highest BCUT2D eigenvalue weighted by Gasteiger charge is 2.52. The van der Waals surface area contributed by atoms with E-state index in [0.717, 1.165) is 78.8 Å². The van der Waals surface area contributed by atoms with Gasteiger partial charge in [-0.2, -0.15) is 0 Å². The molecule has 1 aliphatic carbocycles. The lowest BCUT2D eigenvalue weighted by Crippen LogP contribution is -2.32. The molecule has 3 aromatic heterocycles. The molecule has 2 aliphatic rings. The number of hydrogen-bond donors (Lipinski definition) is 0. The van der Waals surface area contributed by atoms with Crippen LogP contribution in [-0.2, 0) is 5.41 Å². The third-order valence-electron chi connectivity index (χ3n) is 11.1. The fourth-order valence-electron chi connectivity index (χ4n) is 8.65. The quantitative estimate of drug-likeness (QED) is 0.177. The first-order valence-corrected chi connectivity index (χ1v) is 18.8. The summed E-state index contributed by atoms with van der Waals surface area (Å²) < 4.78 is 6.64. The number of fused-ring (bicyclic) bond motifs is 9. The van der Waals surface area contributed by atoms with Crippen molar-refractivity contribution >= 4 is 0 Å². The van der Waals surface area contributed by atoms with Gasteiger partial charge in [-0.1, -0.05) is 140 Å². The van der Waals surface area contributed by atoms with Crippen LogP contribution in [0.25, 0.3) is 67.5 Å². The number of hydrogen-bond acceptors (Lipinski definition) is 5. The number of pyridine rings is 2. The highest BCUT2D eigenvalue weighted by molar-refractivity contribution is 5.93. The number of para-hydroxylation sites is 2. The first-order valence-electron chi connectivity index (χ1n) is 18.8. The summed E-state index contributed by atoms with van der Waals surface area (Å²) in [5.74, 6) is 2.35. The zero-order chi connectivity index (χ0) is 37.1. The Balaban J connectivity index is 1.16. The standard InChI is InChI=1S/C51H32N4O/c1-2-15-40-37(12-1)38-13-11-14-39(49(38)51(40)41-16-3-5-20-47(41)56-48-21-6-4-17-42(48)51)50-54-45(35-26-22-33(23-27-35)43-18-7-9-30-52-43)32-46(55-50)36-28-24-34(25-29-36)44-19-8-10-31-53-44/h1-32H. The van der Waals surface area contributed by atoms with Crippen molar-refractivity contribution < 1.29 is 4.74 Å². The topological polar surface area (TPSA) is 60.8 Å². The molecule has 11 rings (SSSR count). The Morgan fingerprint density at radius 3 is 1.34 bits per heavy atom. The van der Waals surface area contributed by atoms with Gasteiger partial charge < -0.3 is 4.74 Å². The summed E-state index contributed by atoms with van der Waals surface area (Å²) in [6, 6.07) is 63.3. The van der Waals surface area contributed by atoms with Crippen molar-refractivity contribution in [3.05, 3.63) is 217 Å². The molecule has 0 N–H and O–H groups in total. The maximum absolute atomic E-state index is 6.64. The zero-order valence-electron chi connectivity index (χ0n) is 30.2. The van der Waals surface area contributed by atoms with Gasteiger partial charge in [-0.15, -0.1) is 0 Å². The summed E-state index contributed by atoms with van der Waals surface area (Å²) in [6.45, 7) is 0. The van der Waals surface area contributed by atoms with Crippen LogP contribution in [0.3, 0.4) is 0 Å². The maximum Gasteiger partial charge on any atom is 0.160 e. The van der Waals surface area contributed by atoms with Crippen LogP contribution < -0.4 is 4.74 Å². The van der Waals surface area contributed by atoms with Crippen molar-refractivity contribution in [1.82, 2.24) is 19.9 Å². The molecule has 0 unspecified atom stereocenters. The molecule has 0 radical (unpaired) electrons. The molecule has 6 aromatic carbocycles. The Morgan fingerprint density at radius 1 is 0.357 bits per heavy atom. The van der Waals surface area contributed by atoms with E-state index in [1.807, 2.05) is 60.9 Å². The van der Waals surface area contributed by atoms with Crippen LogP contribution in [0.15, 0.2) is 194 Å². The van der Waals surface area contributed by atoms with Crippen molar-refractivity contribution in [3.63, 3.8) is 0 Å². The average Bonchev–Trinajstić information content (AvgIpc) is 3.58. The average molecular weight is 717 g/mol. The van der Waals surface area contributed by atoms with Crippen molar-refractivity contribution in [2.45, 2.75) is 5.41 Å². The van der Waals surface area contributed by atoms with E-state index in [-0.39, 0.29) is 0 Å². The van der Waals surface area contributed by atoms with Gasteiger partial charge in [0.15, 0.2) is 5.82 Å². The van der Waals surface area contributed by atoms with Gasteiger partial charge >= 0.3 is 0 Å². The molecule has 9 aromatic rings. The minimum Gasteiger partial charge on any atom is -0.457 e. The van der Waals surface area contributed by atoms with E-state index in [1.165, 1.54) is 16.7 Å². The predicted molar refractivity (Wildman–Crippen MR) is 222 cm³/mol. The van der Waals surface area contributed by atoms with Gasteiger partial charge in [0.1, 0.15) is 11.5 Å². The monoisotopic (exact) mass is 716 g/mol. The van der Waals surface area contributed by atoms with Crippen molar-refractivity contribution in [1.29, 1.82) is 0 Å². The molecule has 1 aliphatic heterocycles. The van der Waals surface area contributed by atoms with Gasteiger partial charge in [0, 0.05) is 51.3 Å². The molecule has 0 bridgehead atoms. The number of rotatable bonds is 5. The second kappa shape index (κ2) is 12.8. The largest absolute Gasteiger partial charge is 0.457 e. The Labute approximate surface area is 324 Å². The van der Waals surface area contributed by atoms with Gasteiger partial charge in [0.25, 0.3) is 0 Å². The molecule has 0 saturated heterocycles. The molecule has 4 heterocycles. The van der Waals surface area contributed by atoms with E-state index in [9.17, 15) is 0 Å². The minimum absolute atomic E-state index is 0.658. The van der Waals surface area contributed by atoms with Crippen molar-refractivity contribution in [2.75, 3.05) is 0 Å². The molecular weight excluding hydrogens is 685 g/mol. The first-order chi connectivity index (χ1) is 27.8. The fourth-order valence-corrected chi connectivity index (χ4v) is 8.65. The summed E-state index contributed by atoms with van der Waals surface area (Å²) in [5.41, 5.74) is 14.9. The Kier molecular flexibility index (Phi) is 7.32. The van der Waals surface area contributed by atoms with Crippen LogP contribution in [0.1, 0.15) is 22.3 Å². The van der Waals surface area contributed by atoms with Crippen LogP contribution in [0, 0.1) is 0 Å². The molecule has 0 atom stereocenters. The van der Waals surface area contributed by atoms with E-state index < -0.39 is 5.41 Å². The Bertz CT molecular complexity index is 2780. The lowest BCUT2D eigenvalue weighted by atomic mass is 9.65. The first kappa shape index (κ1) is 32.0. The van der Waals surface area contributed by atoms with Crippen LogP contribution in [0.4, 0.5) is 0 Å². The van der Waals surface area contributed by atoms with E-state index in [1.54, 1.807) is 0 Å². The molecule has 0 saturated carbocycles. The van der Waals surface area contributed by atoms with Crippen LogP contribution in [-0.4, -0.2) is 19.9 Å². The van der Waals surface area contributed by atoms with Crippen molar-refractivity contribution in [3.8, 4) is 79.0 Å². The predicted octanol–water partition coefficient (Wildman–Crippen LogP) is 12.1. The molecule has 5 nitrogen and oxygen atoms in total. The van der Waals surface area contributed by atoms with Gasteiger partial charge in [0.05, 0.1) is 28.2 Å². The van der Waals surface area contributed by atoms with Gasteiger partial charge in [-0.3, -0.25) is 9.97 Å². The smallest absolute Gasteiger partial charge is 0.160 e. The molecule has 0 fully saturated rings. The molecule has 1 spiro atoms. The molecule has 56 heavy (non-hydrogen) atoms. The summed E-state index contributed by atoms with van der Waals surface area (Å²) in [5, 5.41) is 0. The lowest BCUT2D eigenvalue weighted by molar-refractivity contribution is 0.436. The van der Waals surface area contributed by atoms with E-state index in [0.29, 0.717) is 5.82 Å². The molecule has 262 valence electrons. The fraction of sp³-hybridized carbons (Fsp3) is 0.0196. The summed E-state index contributed by atoms with van der Waals surface area (Å²) in [6.07, 6.45) is 3.65. The number of aromatic nitrogens is 4. The minimum atomic E-state index is -0.665.